The van der Waals surface area contributed by atoms with Crippen molar-refractivity contribution in [1.82, 2.24) is 15.1 Å². The molecule has 2 aromatic rings. The van der Waals surface area contributed by atoms with E-state index in [9.17, 15) is 19.5 Å². The molecule has 0 aromatic heterocycles. The second kappa shape index (κ2) is 14.0. The summed E-state index contributed by atoms with van der Waals surface area (Å²) in [5.74, 6) is -0.134. The zero-order valence-electron chi connectivity index (χ0n) is 24.1. The number of ketones is 1. The minimum Gasteiger partial charge on any atom is -0.390 e. The fourth-order valence-corrected chi connectivity index (χ4v) is 6.81. The summed E-state index contributed by atoms with van der Waals surface area (Å²) >= 11 is 0. The molecule has 0 radical (unpaired) electrons. The Kier molecular flexibility index (Phi) is 10.6. The van der Waals surface area contributed by atoms with Gasteiger partial charge >= 0.3 is 0 Å². The van der Waals surface area contributed by atoms with E-state index in [1.165, 1.54) is 6.42 Å². The number of aliphatic hydroxyl groups excluding tert-OH is 1. The largest absolute Gasteiger partial charge is 0.390 e. The van der Waals surface area contributed by atoms with Gasteiger partial charge in [0.05, 0.1) is 6.10 Å². The molecule has 2 aromatic carbocycles. The number of carbonyl (C=O) groups excluding carboxylic acids is 3. The number of amides is 2. The van der Waals surface area contributed by atoms with Crippen LogP contribution in [0.4, 0.5) is 0 Å². The van der Waals surface area contributed by atoms with Crippen LogP contribution >= 0.6 is 12.4 Å². The van der Waals surface area contributed by atoms with Gasteiger partial charge in [-0.25, -0.2) is 0 Å². The molecule has 0 unspecified atom stereocenters. The first-order chi connectivity index (χ1) is 19.4. The second-order valence-electron chi connectivity index (χ2n) is 11.9. The van der Waals surface area contributed by atoms with Gasteiger partial charge in [0.15, 0.2) is 5.78 Å². The maximum atomic E-state index is 13.8. The minimum absolute atomic E-state index is 0. The number of aliphatic hydroxyl groups is 1. The number of carbonyl (C=O) groups is 3. The van der Waals surface area contributed by atoms with E-state index >= 15 is 0 Å². The van der Waals surface area contributed by atoms with Crippen LogP contribution in [-0.4, -0.2) is 69.8 Å². The minimum atomic E-state index is -0.850. The number of nitrogens with zero attached hydrogens (tertiary/aromatic N) is 2. The van der Waals surface area contributed by atoms with E-state index < -0.39 is 17.7 Å². The number of unbranched alkanes of at least 4 members (excludes halogenated alkanes) is 1. The SMILES string of the molecule is CCCCN1C(=O)[C@@H]([C@H](O)C2CCCCC2)NC(=O)C12CCN(Cc1ccc(C(=O)c3ccccc3)cc1)CC2.Cl. The van der Waals surface area contributed by atoms with Crippen molar-refractivity contribution in [2.24, 2.45) is 5.92 Å². The molecule has 3 fully saturated rings. The normalized spacial score (nSPS) is 22.2. The quantitative estimate of drug-likeness (QED) is 0.418. The molecule has 222 valence electrons. The fraction of sp³-hybridized carbons (Fsp3) is 0.545. The van der Waals surface area contributed by atoms with Crippen LogP contribution in [-0.2, 0) is 16.1 Å². The van der Waals surface area contributed by atoms with Gasteiger partial charge in [0.2, 0.25) is 11.8 Å². The van der Waals surface area contributed by atoms with Gasteiger partial charge < -0.3 is 15.3 Å². The Bertz CT molecular complexity index is 1170. The molecule has 3 aliphatic rings. The third kappa shape index (κ3) is 6.68. The third-order valence-electron chi connectivity index (χ3n) is 9.31. The maximum Gasteiger partial charge on any atom is 0.248 e. The number of nitrogens with one attached hydrogen (secondary N) is 1. The highest BCUT2D eigenvalue weighted by atomic mass is 35.5. The van der Waals surface area contributed by atoms with Gasteiger partial charge in [0.25, 0.3) is 0 Å². The van der Waals surface area contributed by atoms with Crippen molar-refractivity contribution in [2.45, 2.75) is 88.9 Å². The van der Waals surface area contributed by atoms with Crippen LogP contribution in [0.2, 0.25) is 0 Å². The summed E-state index contributed by atoms with van der Waals surface area (Å²) in [6, 6.07) is 16.2. The Labute approximate surface area is 250 Å². The summed E-state index contributed by atoms with van der Waals surface area (Å²) in [7, 11) is 0. The lowest BCUT2D eigenvalue weighted by molar-refractivity contribution is -0.166. The average Bonchev–Trinajstić information content (AvgIpc) is 3.00. The standard InChI is InChI=1S/C33H43N3O4.ClH/c1-2-3-20-36-31(39)28(30(38)26-12-8-5-9-13-26)34-32(40)33(36)18-21-35(22-19-33)23-24-14-16-27(17-15-24)29(37)25-10-6-4-7-11-25;/h4,6-7,10-11,14-17,26,28,30,38H,2-3,5,8-9,12-13,18-23H2,1H3,(H,34,40);1H/t28-,30-;/m1./s1. The number of piperazine rings is 1. The van der Waals surface area contributed by atoms with E-state index in [2.05, 4.69) is 17.1 Å². The second-order valence-corrected chi connectivity index (χ2v) is 11.9. The Balaban J connectivity index is 0.00000387. The first-order valence-electron chi connectivity index (χ1n) is 15.1. The molecule has 41 heavy (non-hydrogen) atoms. The van der Waals surface area contributed by atoms with E-state index in [-0.39, 0.29) is 35.9 Å². The molecular weight excluding hydrogens is 538 g/mol. The molecule has 1 spiro atoms. The maximum absolute atomic E-state index is 13.8. The Morgan fingerprint density at radius 3 is 2.24 bits per heavy atom. The van der Waals surface area contributed by atoms with Gasteiger partial charge in [-0.1, -0.05) is 87.2 Å². The van der Waals surface area contributed by atoms with Gasteiger partial charge in [0.1, 0.15) is 11.6 Å². The zero-order chi connectivity index (χ0) is 28.1. The third-order valence-corrected chi connectivity index (χ3v) is 9.31. The van der Waals surface area contributed by atoms with Gasteiger partial charge in [-0.15, -0.1) is 12.4 Å². The topological polar surface area (TPSA) is 90.0 Å². The number of likely N-dealkylation sites (tertiary alicyclic amines) is 1. The van der Waals surface area contributed by atoms with Crippen molar-refractivity contribution in [3.8, 4) is 0 Å². The van der Waals surface area contributed by atoms with E-state index in [0.717, 1.165) is 50.6 Å². The smallest absolute Gasteiger partial charge is 0.248 e. The summed E-state index contributed by atoms with van der Waals surface area (Å²) < 4.78 is 0. The molecule has 5 rings (SSSR count). The van der Waals surface area contributed by atoms with Crippen LogP contribution in [0.3, 0.4) is 0 Å². The van der Waals surface area contributed by atoms with Crippen molar-refractivity contribution in [2.75, 3.05) is 19.6 Å². The van der Waals surface area contributed by atoms with Crippen LogP contribution < -0.4 is 5.32 Å². The number of piperidine rings is 1. The van der Waals surface area contributed by atoms with Crippen molar-refractivity contribution >= 4 is 30.0 Å². The summed E-state index contributed by atoms with van der Waals surface area (Å²) in [5, 5.41) is 14.1. The number of halogens is 1. The van der Waals surface area contributed by atoms with Crippen molar-refractivity contribution in [1.29, 1.82) is 0 Å². The molecule has 1 saturated carbocycles. The number of benzene rings is 2. The predicted octanol–water partition coefficient (Wildman–Crippen LogP) is 4.74. The van der Waals surface area contributed by atoms with E-state index in [1.807, 2.05) is 59.5 Å². The molecule has 1 aliphatic carbocycles. The Morgan fingerprint density at radius 2 is 1.61 bits per heavy atom. The summed E-state index contributed by atoms with van der Waals surface area (Å²) in [5.41, 5.74) is 1.61. The highest BCUT2D eigenvalue weighted by Crippen LogP contribution is 2.36. The van der Waals surface area contributed by atoms with Crippen molar-refractivity contribution in [3.63, 3.8) is 0 Å². The summed E-state index contributed by atoms with van der Waals surface area (Å²) in [6.45, 7) is 4.77. The van der Waals surface area contributed by atoms with Crippen molar-refractivity contribution in [3.05, 3.63) is 71.3 Å². The van der Waals surface area contributed by atoms with Crippen molar-refractivity contribution < 1.29 is 19.5 Å². The summed E-state index contributed by atoms with van der Waals surface area (Å²) in [6.07, 6.45) is 7.24. The fourth-order valence-electron chi connectivity index (χ4n) is 6.81. The predicted molar refractivity (Wildman–Crippen MR) is 162 cm³/mol. The highest BCUT2D eigenvalue weighted by Gasteiger charge is 2.55. The molecule has 2 N–H and O–H groups in total. The van der Waals surface area contributed by atoms with Gasteiger partial charge in [-0.05, 0) is 43.6 Å². The monoisotopic (exact) mass is 581 g/mol. The van der Waals surface area contributed by atoms with Crippen LogP contribution in [0, 0.1) is 5.92 Å². The molecule has 2 aliphatic heterocycles. The average molecular weight is 582 g/mol. The molecule has 2 amide bonds. The highest BCUT2D eigenvalue weighted by molar-refractivity contribution is 6.09. The summed E-state index contributed by atoms with van der Waals surface area (Å²) in [4.78, 5) is 44.4. The zero-order valence-corrected chi connectivity index (χ0v) is 24.9. The first kappa shape index (κ1) is 31.2. The van der Waals surface area contributed by atoms with Gasteiger partial charge in [-0.2, -0.15) is 0 Å². The van der Waals surface area contributed by atoms with Gasteiger partial charge in [-0.3, -0.25) is 19.3 Å². The van der Waals surface area contributed by atoms with E-state index in [0.29, 0.717) is 43.6 Å². The number of rotatable bonds is 9. The molecular formula is C33H44ClN3O4. The first-order valence-corrected chi connectivity index (χ1v) is 15.1. The Hall–Kier alpha value is -2.74. The van der Waals surface area contributed by atoms with Crippen LogP contribution in [0.15, 0.2) is 54.6 Å². The van der Waals surface area contributed by atoms with Crippen LogP contribution in [0.25, 0.3) is 0 Å². The molecule has 2 heterocycles. The lowest BCUT2D eigenvalue weighted by Gasteiger charge is -2.52. The van der Waals surface area contributed by atoms with Crippen LogP contribution in [0.5, 0.6) is 0 Å². The molecule has 0 bridgehead atoms. The molecule has 7 nitrogen and oxygen atoms in total. The Morgan fingerprint density at radius 1 is 0.976 bits per heavy atom. The number of hydrogen-bond acceptors (Lipinski definition) is 5. The van der Waals surface area contributed by atoms with E-state index in [4.69, 9.17) is 0 Å². The van der Waals surface area contributed by atoms with Gasteiger partial charge in [0, 0.05) is 37.3 Å². The lowest BCUT2D eigenvalue weighted by Crippen LogP contribution is -2.75. The number of hydrogen-bond donors (Lipinski definition) is 2. The van der Waals surface area contributed by atoms with Crippen LogP contribution in [0.1, 0.15) is 86.2 Å². The lowest BCUT2D eigenvalue weighted by atomic mass is 9.78. The molecule has 8 heteroatoms. The molecule has 2 saturated heterocycles. The van der Waals surface area contributed by atoms with E-state index in [1.54, 1.807) is 0 Å². The molecule has 2 atom stereocenters.